The molecule has 0 bridgehead atoms. The molecule has 0 aliphatic rings. The Morgan fingerprint density at radius 3 is 2.68 bits per heavy atom. The lowest BCUT2D eigenvalue weighted by molar-refractivity contribution is 0.617. The molecular weight excluding hydrogens is 300 g/mol. The van der Waals surface area contributed by atoms with Gasteiger partial charge in [-0.25, -0.2) is 4.98 Å². The Labute approximate surface area is 131 Å². The summed E-state index contributed by atoms with van der Waals surface area (Å²) in [7, 11) is 0. The Morgan fingerprint density at radius 1 is 1.09 bits per heavy atom. The Hall–Kier alpha value is -2.66. The average Bonchev–Trinajstić information content (AvgIpc) is 3.16. The molecule has 0 aliphatic carbocycles. The molecule has 22 heavy (non-hydrogen) atoms. The number of fused-ring (bicyclic) bond motifs is 1. The van der Waals surface area contributed by atoms with E-state index in [4.69, 9.17) is 16.0 Å². The van der Waals surface area contributed by atoms with Crippen LogP contribution in [0.4, 0.5) is 0 Å². The topological polar surface area (TPSA) is 56.7 Å². The molecule has 0 saturated carbocycles. The Balaban J connectivity index is 1.89. The summed E-state index contributed by atoms with van der Waals surface area (Å²) >= 11 is 6.03. The normalized spacial score (nSPS) is 11.2. The minimum atomic E-state index is 0.557. The third kappa shape index (κ3) is 2.16. The van der Waals surface area contributed by atoms with Crippen molar-refractivity contribution in [3.63, 3.8) is 0 Å². The minimum absolute atomic E-state index is 0.557. The lowest BCUT2D eigenvalue weighted by atomic mass is 10.2. The fourth-order valence-corrected chi connectivity index (χ4v) is 2.60. The van der Waals surface area contributed by atoms with Crippen LogP contribution in [0.1, 0.15) is 5.56 Å². The van der Waals surface area contributed by atoms with Gasteiger partial charge in [0, 0.05) is 10.6 Å². The molecule has 2 aromatic carbocycles. The molecule has 2 aromatic heterocycles. The highest BCUT2D eigenvalue weighted by atomic mass is 35.5. The molecule has 0 spiro atoms. The average molecular weight is 311 g/mol. The number of hydrogen-bond acceptors (Lipinski definition) is 4. The van der Waals surface area contributed by atoms with Gasteiger partial charge in [-0.3, -0.25) is 4.57 Å². The Kier molecular flexibility index (Phi) is 2.94. The predicted molar refractivity (Wildman–Crippen MR) is 84.1 cm³/mol. The van der Waals surface area contributed by atoms with Gasteiger partial charge in [-0.2, -0.15) is 0 Å². The second-order valence-corrected chi connectivity index (χ2v) is 5.45. The highest BCUT2D eigenvalue weighted by Crippen LogP contribution is 2.29. The van der Waals surface area contributed by atoms with Crippen molar-refractivity contribution in [1.82, 2.24) is 19.7 Å². The largest absolute Gasteiger partial charge is 0.436 e. The van der Waals surface area contributed by atoms with Gasteiger partial charge in [-0.05, 0) is 42.8 Å². The summed E-state index contributed by atoms with van der Waals surface area (Å²) in [6, 6.07) is 11.4. The Bertz CT molecular complexity index is 960. The van der Waals surface area contributed by atoms with E-state index in [9.17, 15) is 0 Å². The molecule has 0 amide bonds. The molecule has 0 saturated heterocycles. The number of aromatic nitrogens is 4. The number of oxazole rings is 1. The zero-order valence-electron chi connectivity index (χ0n) is 11.7. The van der Waals surface area contributed by atoms with Crippen molar-refractivity contribution < 1.29 is 4.42 Å². The highest BCUT2D eigenvalue weighted by Gasteiger charge is 2.12. The monoisotopic (exact) mass is 310 g/mol. The standard InChI is InChI=1S/C16H11ClN4O/c1-10-5-13(21-8-18-19-9-21)7-14-15(10)22-16(20-14)11-3-2-4-12(17)6-11/h2-9H,1H3. The van der Waals surface area contributed by atoms with Crippen LogP contribution in [0.25, 0.3) is 28.2 Å². The van der Waals surface area contributed by atoms with Crippen LogP contribution in [0.5, 0.6) is 0 Å². The first-order chi connectivity index (χ1) is 10.7. The molecule has 2 heterocycles. The van der Waals surface area contributed by atoms with Gasteiger partial charge in [0.1, 0.15) is 18.2 Å². The van der Waals surface area contributed by atoms with Gasteiger partial charge in [0.25, 0.3) is 0 Å². The number of nitrogens with zero attached hydrogens (tertiary/aromatic N) is 4. The van der Waals surface area contributed by atoms with Gasteiger partial charge in [-0.1, -0.05) is 17.7 Å². The fourth-order valence-electron chi connectivity index (χ4n) is 2.41. The van der Waals surface area contributed by atoms with Crippen LogP contribution in [0.15, 0.2) is 53.5 Å². The second-order valence-electron chi connectivity index (χ2n) is 5.01. The fraction of sp³-hybridized carbons (Fsp3) is 0.0625. The van der Waals surface area contributed by atoms with Crippen LogP contribution in [0, 0.1) is 6.92 Å². The first-order valence-electron chi connectivity index (χ1n) is 6.73. The van der Waals surface area contributed by atoms with Gasteiger partial charge in [-0.15, -0.1) is 10.2 Å². The van der Waals surface area contributed by atoms with Crippen LogP contribution in [-0.2, 0) is 0 Å². The van der Waals surface area contributed by atoms with Gasteiger partial charge < -0.3 is 4.42 Å². The zero-order chi connectivity index (χ0) is 15.1. The van der Waals surface area contributed by atoms with Crippen LogP contribution >= 0.6 is 11.6 Å². The summed E-state index contributed by atoms with van der Waals surface area (Å²) in [5, 5.41) is 8.30. The van der Waals surface area contributed by atoms with Crippen LogP contribution < -0.4 is 0 Å². The van der Waals surface area contributed by atoms with E-state index in [1.54, 1.807) is 12.7 Å². The lowest BCUT2D eigenvalue weighted by Crippen LogP contribution is -1.91. The molecule has 6 heteroatoms. The Morgan fingerprint density at radius 2 is 1.91 bits per heavy atom. The number of rotatable bonds is 2. The predicted octanol–water partition coefficient (Wildman–Crippen LogP) is 4.04. The van der Waals surface area contributed by atoms with E-state index >= 15 is 0 Å². The van der Waals surface area contributed by atoms with Crippen molar-refractivity contribution >= 4 is 22.7 Å². The SMILES string of the molecule is Cc1cc(-n2cnnc2)cc2nc(-c3cccc(Cl)c3)oc12. The van der Waals surface area contributed by atoms with Crippen molar-refractivity contribution in [2.75, 3.05) is 0 Å². The van der Waals surface area contributed by atoms with Crippen LogP contribution in [0.2, 0.25) is 5.02 Å². The maximum Gasteiger partial charge on any atom is 0.227 e. The quantitative estimate of drug-likeness (QED) is 0.561. The maximum atomic E-state index is 6.03. The first kappa shape index (κ1) is 13.0. The van der Waals surface area contributed by atoms with Crippen molar-refractivity contribution in [1.29, 1.82) is 0 Å². The minimum Gasteiger partial charge on any atom is -0.436 e. The summed E-state index contributed by atoms with van der Waals surface area (Å²) in [6.07, 6.45) is 3.30. The van der Waals surface area contributed by atoms with Gasteiger partial charge in [0.05, 0.1) is 5.69 Å². The molecule has 4 aromatic rings. The molecule has 0 atom stereocenters. The van der Waals surface area contributed by atoms with Crippen molar-refractivity contribution in [3.8, 4) is 17.1 Å². The summed E-state index contributed by atoms with van der Waals surface area (Å²) in [6.45, 7) is 1.99. The van der Waals surface area contributed by atoms with Crippen LogP contribution in [0.3, 0.4) is 0 Å². The summed E-state index contributed by atoms with van der Waals surface area (Å²) in [4.78, 5) is 4.58. The zero-order valence-corrected chi connectivity index (χ0v) is 12.4. The van der Waals surface area contributed by atoms with E-state index in [0.29, 0.717) is 10.9 Å². The third-order valence-corrected chi connectivity index (χ3v) is 3.68. The smallest absolute Gasteiger partial charge is 0.227 e. The molecule has 0 radical (unpaired) electrons. The third-order valence-electron chi connectivity index (χ3n) is 3.45. The molecule has 108 valence electrons. The number of halogens is 1. The first-order valence-corrected chi connectivity index (χ1v) is 7.10. The van der Waals surface area contributed by atoms with E-state index in [1.807, 2.05) is 47.9 Å². The van der Waals surface area contributed by atoms with E-state index < -0.39 is 0 Å². The van der Waals surface area contributed by atoms with Crippen molar-refractivity contribution in [2.24, 2.45) is 0 Å². The highest BCUT2D eigenvalue weighted by molar-refractivity contribution is 6.30. The van der Waals surface area contributed by atoms with Crippen LogP contribution in [-0.4, -0.2) is 19.7 Å². The summed E-state index contributed by atoms with van der Waals surface area (Å²) in [5.41, 5.74) is 4.36. The molecule has 4 rings (SSSR count). The van der Waals surface area contributed by atoms with Gasteiger partial charge >= 0.3 is 0 Å². The van der Waals surface area contributed by atoms with E-state index in [0.717, 1.165) is 27.9 Å². The maximum absolute atomic E-state index is 6.03. The van der Waals surface area contributed by atoms with Crippen molar-refractivity contribution in [2.45, 2.75) is 6.92 Å². The van der Waals surface area contributed by atoms with E-state index in [-0.39, 0.29) is 0 Å². The number of aryl methyl sites for hydroxylation is 1. The molecule has 0 N–H and O–H groups in total. The molecule has 0 unspecified atom stereocenters. The van der Waals surface area contributed by atoms with E-state index in [2.05, 4.69) is 15.2 Å². The molecule has 0 aliphatic heterocycles. The molecular formula is C16H11ClN4O. The second kappa shape index (κ2) is 4.96. The number of benzene rings is 2. The molecule has 5 nitrogen and oxygen atoms in total. The lowest BCUT2D eigenvalue weighted by Gasteiger charge is -2.02. The number of hydrogen-bond donors (Lipinski definition) is 0. The van der Waals surface area contributed by atoms with Gasteiger partial charge in [0.2, 0.25) is 5.89 Å². The summed E-state index contributed by atoms with van der Waals surface area (Å²) < 4.78 is 7.74. The van der Waals surface area contributed by atoms with E-state index in [1.165, 1.54) is 0 Å². The van der Waals surface area contributed by atoms with Gasteiger partial charge in [0.15, 0.2) is 5.58 Å². The summed E-state index contributed by atoms with van der Waals surface area (Å²) in [5.74, 6) is 0.557. The van der Waals surface area contributed by atoms with Crippen molar-refractivity contribution in [3.05, 3.63) is 59.6 Å². The molecule has 0 fully saturated rings.